The maximum atomic E-state index is 12.1. The molecule has 132 valence electrons. The highest BCUT2D eigenvalue weighted by Gasteiger charge is 2.10. The van der Waals surface area contributed by atoms with Crippen LogP contribution >= 0.6 is 0 Å². The summed E-state index contributed by atoms with van der Waals surface area (Å²) in [4.78, 5) is 33.4. The molecule has 0 aromatic heterocycles. The van der Waals surface area contributed by atoms with Gasteiger partial charge in [0, 0.05) is 17.7 Å². The Morgan fingerprint density at radius 3 is 2.65 bits per heavy atom. The van der Waals surface area contributed by atoms with Crippen LogP contribution in [-0.2, 0) is 4.79 Å². The number of hydrogen-bond acceptors (Lipinski definition) is 6. The normalized spacial score (nSPS) is 10.8. The van der Waals surface area contributed by atoms with Gasteiger partial charge in [0.05, 0.1) is 16.7 Å². The number of hydrogen-bond donors (Lipinski definition) is 3. The number of nitro benzene ring substituents is 1. The van der Waals surface area contributed by atoms with Crippen LogP contribution in [0.15, 0.2) is 59.7 Å². The molecule has 3 N–H and O–H groups in total. The van der Waals surface area contributed by atoms with Gasteiger partial charge in [0.2, 0.25) is 0 Å². The Bertz CT molecular complexity index is 892. The fourth-order valence-corrected chi connectivity index (χ4v) is 1.98. The van der Waals surface area contributed by atoms with E-state index in [9.17, 15) is 19.7 Å². The molecule has 9 heteroatoms. The zero-order valence-corrected chi connectivity index (χ0v) is 13.3. The molecular formula is C17H14N4O5. The molecular weight excluding hydrogens is 340 g/mol. The predicted molar refractivity (Wildman–Crippen MR) is 93.6 cm³/mol. The van der Waals surface area contributed by atoms with Crippen molar-refractivity contribution in [2.45, 2.75) is 0 Å². The first-order valence-electron chi connectivity index (χ1n) is 7.30. The first kappa shape index (κ1) is 18.5. The van der Waals surface area contributed by atoms with E-state index in [0.717, 1.165) is 6.08 Å². The fourth-order valence-electron chi connectivity index (χ4n) is 1.98. The second-order valence-corrected chi connectivity index (χ2v) is 4.95. The van der Waals surface area contributed by atoms with E-state index >= 15 is 0 Å². The third-order valence-electron chi connectivity index (χ3n) is 3.19. The van der Waals surface area contributed by atoms with Crippen LogP contribution in [0.4, 0.5) is 5.69 Å². The topological polar surface area (TPSA) is 134 Å². The minimum absolute atomic E-state index is 0.125. The molecule has 2 rings (SSSR count). The van der Waals surface area contributed by atoms with Crippen molar-refractivity contribution in [3.05, 3.63) is 81.4 Å². The maximum Gasteiger partial charge on any atom is 0.278 e. The summed E-state index contributed by atoms with van der Waals surface area (Å²) in [6.45, 7) is 0. The van der Waals surface area contributed by atoms with Crippen LogP contribution in [0.2, 0.25) is 0 Å². The van der Waals surface area contributed by atoms with Gasteiger partial charge in [0.1, 0.15) is 0 Å². The van der Waals surface area contributed by atoms with Gasteiger partial charge >= 0.3 is 0 Å². The first-order valence-corrected chi connectivity index (χ1v) is 7.30. The second kappa shape index (κ2) is 8.85. The van der Waals surface area contributed by atoms with Crippen LogP contribution in [-0.4, -0.2) is 28.2 Å². The number of amides is 2. The Balaban J connectivity index is 2.08. The number of hydroxylamine groups is 1. The van der Waals surface area contributed by atoms with Gasteiger partial charge in [-0.3, -0.25) is 24.9 Å². The summed E-state index contributed by atoms with van der Waals surface area (Å²) < 4.78 is 0. The van der Waals surface area contributed by atoms with Gasteiger partial charge in [-0.1, -0.05) is 24.3 Å². The molecule has 0 spiro atoms. The molecule has 0 saturated carbocycles. The highest BCUT2D eigenvalue weighted by molar-refractivity contribution is 5.96. The van der Waals surface area contributed by atoms with Gasteiger partial charge in [0.25, 0.3) is 17.5 Å². The highest BCUT2D eigenvalue weighted by atomic mass is 16.6. The summed E-state index contributed by atoms with van der Waals surface area (Å²) in [5, 5.41) is 23.1. The van der Waals surface area contributed by atoms with Crippen LogP contribution in [0.1, 0.15) is 21.5 Å². The zero-order valence-electron chi connectivity index (χ0n) is 13.3. The number of hydrazone groups is 1. The molecule has 0 aliphatic rings. The Morgan fingerprint density at radius 2 is 1.92 bits per heavy atom. The molecule has 0 saturated heterocycles. The van der Waals surface area contributed by atoms with E-state index in [1.165, 1.54) is 42.0 Å². The molecule has 0 heterocycles. The number of nitrogens with one attached hydrogen (secondary N) is 2. The summed E-state index contributed by atoms with van der Waals surface area (Å²) in [6.07, 6.45) is 3.70. The molecule has 0 atom stereocenters. The van der Waals surface area contributed by atoms with Crippen LogP contribution in [0.25, 0.3) is 6.08 Å². The number of carbonyl (C=O) groups is 2. The van der Waals surface area contributed by atoms with Crippen molar-refractivity contribution in [1.82, 2.24) is 10.9 Å². The number of carbonyl (C=O) groups excluding carboxylic acids is 2. The van der Waals surface area contributed by atoms with Gasteiger partial charge in [-0.05, 0) is 29.8 Å². The van der Waals surface area contributed by atoms with E-state index < -0.39 is 16.7 Å². The van der Waals surface area contributed by atoms with Crippen molar-refractivity contribution < 1.29 is 19.7 Å². The third kappa shape index (κ3) is 5.08. The summed E-state index contributed by atoms with van der Waals surface area (Å²) >= 11 is 0. The van der Waals surface area contributed by atoms with Crippen molar-refractivity contribution in [3.63, 3.8) is 0 Å². The number of rotatable bonds is 6. The number of para-hydroxylation sites is 1. The summed E-state index contributed by atoms with van der Waals surface area (Å²) in [6, 6.07) is 12.3. The van der Waals surface area contributed by atoms with E-state index in [0.29, 0.717) is 5.56 Å². The van der Waals surface area contributed by atoms with Crippen LogP contribution < -0.4 is 10.9 Å². The van der Waals surface area contributed by atoms with Crippen molar-refractivity contribution >= 4 is 29.8 Å². The van der Waals surface area contributed by atoms with Crippen LogP contribution in [0.3, 0.4) is 0 Å². The lowest BCUT2D eigenvalue weighted by Gasteiger charge is -2.01. The largest absolute Gasteiger partial charge is 0.288 e. The molecule has 2 amide bonds. The second-order valence-electron chi connectivity index (χ2n) is 4.95. The molecule has 2 aromatic carbocycles. The molecule has 9 nitrogen and oxygen atoms in total. The van der Waals surface area contributed by atoms with Gasteiger partial charge in [-0.15, -0.1) is 0 Å². The summed E-state index contributed by atoms with van der Waals surface area (Å²) in [7, 11) is 0. The molecule has 0 aliphatic carbocycles. The minimum Gasteiger partial charge on any atom is -0.288 e. The number of nitrogens with zero attached hydrogens (tertiary/aromatic N) is 2. The molecule has 0 radical (unpaired) electrons. The number of benzene rings is 2. The number of nitro groups is 1. The quantitative estimate of drug-likeness (QED) is 0.239. The summed E-state index contributed by atoms with van der Waals surface area (Å²) in [5.41, 5.74) is 4.70. The molecule has 2 aromatic rings. The first-order chi connectivity index (χ1) is 12.5. The Labute approximate surface area is 147 Å². The van der Waals surface area contributed by atoms with Gasteiger partial charge < -0.3 is 0 Å². The van der Waals surface area contributed by atoms with E-state index in [4.69, 9.17) is 5.21 Å². The standard InChI is InChI=1S/C17H14N4O5/c22-16(20-24)9-8-12-4-3-6-13(10-12)17(23)19-18-11-14-5-1-2-7-15(14)21(25)26/h1-11,24H,(H,19,23)(H,20,22)/b9-8+,18-11+. The summed E-state index contributed by atoms with van der Waals surface area (Å²) in [5.74, 6) is -1.23. The Hall–Kier alpha value is -3.85. The lowest BCUT2D eigenvalue weighted by atomic mass is 10.1. The molecule has 0 fully saturated rings. The zero-order chi connectivity index (χ0) is 18.9. The van der Waals surface area contributed by atoms with E-state index in [-0.39, 0.29) is 16.8 Å². The van der Waals surface area contributed by atoms with Crippen molar-refractivity contribution in [2.75, 3.05) is 0 Å². The van der Waals surface area contributed by atoms with E-state index in [1.807, 2.05) is 0 Å². The van der Waals surface area contributed by atoms with Gasteiger partial charge in [-0.2, -0.15) is 5.10 Å². The van der Waals surface area contributed by atoms with Crippen molar-refractivity contribution in [3.8, 4) is 0 Å². The highest BCUT2D eigenvalue weighted by Crippen LogP contribution is 2.15. The van der Waals surface area contributed by atoms with Gasteiger partial charge in [-0.25, -0.2) is 10.9 Å². The SMILES string of the molecule is O=C(/C=C/c1cccc(C(=O)N/N=C/c2ccccc2[N+](=O)[O-])c1)NO. The predicted octanol–water partition coefficient (Wildman–Crippen LogP) is 1.88. The maximum absolute atomic E-state index is 12.1. The average Bonchev–Trinajstić information content (AvgIpc) is 2.66. The van der Waals surface area contributed by atoms with Gasteiger partial charge in [0.15, 0.2) is 0 Å². The molecule has 0 bridgehead atoms. The third-order valence-corrected chi connectivity index (χ3v) is 3.19. The molecule has 0 aliphatic heterocycles. The van der Waals surface area contributed by atoms with Crippen molar-refractivity contribution in [1.29, 1.82) is 0 Å². The van der Waals surface area contributed by atoms with Crippen LogP contribution in [0, 0.1) is 10.1 Å². The van der Waals surface area contributed by atoms with E-state index in [1.54, 1.807) is 24.3 Å². The average molecular weight is 354 g/mol. The fraction of sp³-hybridized carbons (Fsp3) is 0. The smallest absolute Gasteiger partial charge is 0.278 e. The van der Waals surface area contributed by atoms with Crippen LogP contribution in [0.5, 0.6) is 0 Å². The van der Waals surface area contributed by atoms with Crippen molar-refractivity contribution in [2.24, 2.45) is 5.10 Å². The minimum atomic E-state index is -0.700. The molecule has 0 unspecified atom stereocenters. The Kier molecular flexibility index (Phi) is 6.29. The molecule has 26 heavy (non-hydrogen) atoms. The Morgan fingerprint density at radius 1 is 1.15 bits per heavy atom. The monoisotopic (exact) mass is 354 g/mol. The lowest BCUT2D eigenvalue weighted by Crippen LogP contribution is -2.17. The van der Waals surface area contributed by atoms with E-state index in [2.05, 4.69) is 10.5 Å². The lowest BCUT2D eigenvalue weighted by molar-refractivity contribution is -0.385.